The molecule has 1 aliphatic heterocycles. The number of hydrogen-bond donors (Lipinski definition) is 0. The number of rotatable bonds is 4. The molecule has 8 aromatic carbocycles. The summed E-state index contributed by atoms with van der Waals surface area (Å²) >= 11 is -1.20. The van der Waals surface area contributed by atoms with Crippen molar-refractivity contribution in [2.45, 2.75) is 26.5 Å². The fourth-order valence-corrected chi connectivity index (χ4v) is 15.3. The van der Waals surface area contributed by atoms with E-state index in [0.717, 1.165) is 0 Å². The summed E-state index contributed by atoms with van der Waals surface area (Å²) in [5.74, 6) is 0. The summed E-state index contributed by atoms with van der Waals surface area (Å²) in [6.07, 6.45) is 0. The van der Waals surface area contributed by atoms with Crippen LogP contribution in [0.3, 0.4) is 0 Å². The van der Waals surface area contributed by atoms with Crippen molar-refractivity contribution in [3.63, 3.8) is 0 Å². The van der Waals surface area contributed by atoms with Gasteiger partial charge in [-0.2, -0.15) is 0 Å². The van der Waals surface area contributed by atoms with Crippen LogP contribution in [-0.4, -0.2) is 0 Å². The summed E-state index contributed by atoms with van der Waals surface area (Å²) in [6, 6.07) is 69.3. The third-order valence-corrected chi connectivity index (χ3v) is 17.9. The predicted molar refractivity (Wildman–Crippen MR) is 222 cm³/mol. The van der Waals surface area contributed by atoms with Gasteiger partial charge in [-0.05, 0) is 0 Å². The molecule has 0 radical (unpaired) electrons. The molecule has 0 N–H and O–H groups in total. The summed E-state index contributed by atoms with van der Waals surface area (Å²) in [5.41, 5.74) is 19.5. The van der Waals surface area contributed by atoms with Gasteiger partial charge in [0.2, 0.25) is 0 Å². The van der Waals surface area contributed by atoms with Gasteiger partial charge in [-0.15, -0.1) is 0 Å². The van der Waals surface area contributed by atoms with Crippen molar-refractivity contribution in [3.8, 4) is 0 Å². The van der Waals surface area contributed by atoms with Gasteiger partial charge in [-0.3, -0.25) is 0 Å². The Hall–Kier alpha value is -4.78. The van der Waals surface area contributed by atoms with E-state index < -0.39 is 28.6 Å². The Labute approximate surface area is 353 Å². The zero-order valence-corrected chi connectivity index (χ0v) is 35.2. The van der Waals surface area contributed by atoms with Crippen molar-refractivity contribution >= 4 is 32.7 Å². The van der Waals surface area contributed by atoms with Gasteiger partial charge >= 0.3 is 331 Å². The molecule has 0 nitrogen and oxygen atoms in total. The van der Waals surface area contributed by atoms with Crippen LogP contribution in [0.1, 0.15) is 76.7 Å². The Morgan fingerprint density at radius 3 is 1.21 bits per heavy atom. The molecule has 1 heterocycles. The monoisotopic (exact) mass is 834 g/mol. The first kappa shape index (κ1) is 36.8. The minimum Gasteiger partial charge on any atom is -1.00 e. The van der Waals surface area contributed by atoms with Gasteiger partial charge in [0.15, 0.2) is 0 Å². The summed E-state index contributed by atoms with van der Waals surface area (Å²) in [4.78, 5) is 0. The molecule has 8 aromatic rings. The fraction of sp³-hybridized carbons (Fsp3) is 0.0943. The number of benzene rings is 8. The van der Waals surface area contributed by atoms with E-state index in [0.29, 0.717) is 7.25 Å². The van der Waals surface area contributed by atoms with Gasteiger partial charge in [0.1, 0.15) is 0 Å². The molecule has 3 aliphatic rings. The van der Waals surface area contributed by atoms with Crippen molar-refractivity contribution in [1.82, 2.24) is 0 Å². The zero-order valence-electron chi connectivity index (χ0n) is 31.2. The normalized spacial score (nSPS) is 17.2. The molecule has 3 heteroatoms. The molecule has 11 rings (SSSR count). The Morgan fingerprint density at radius 1 is 0.393 bits per heavy atom. The molecule has 0 spiro atoms. The molecule has 56 heavy (non-hydrogen) atoms. The smallest absolute Gasteiger partial charge is 1.00 e. The van der Waals surface area contributed by atoms with Crippen LogP contribution < -0.4 is 24.8 Å². The SMILES string of the molecule is CC1=C(c2cccc3ccccc23)c2c3cccc2C(c2ccccc2)(c2ccccc2)c2cccc4c2C(c2cccc5ccccc25)=C(C)[CH]4[Zr+2][CH]13.[Cl-].[Cl-]. The van der Waals surface area contributed by atoms with Gasteiger partial charge in [-0.1, -0.05) is 0 Å². The summed E-state index contributed by atoms with van der Waals surface area (Å²) in [6.45, 7) is 4.96. The Kier molecular flexibility index (Phi) is 9.41. The number of allylic oxidation sites excluding steroid dienone is 2. The average Bonchev–Trinajstić information content (AvgIpc) is 3.67. The third kappa shape index (κ3) is 5.14. The second-order valence-corrected chi connectivity index (χ2v) is 18.9. The van der Waals surface area contributed by atoms with Crippen molar-refractivity contribution in [1.29, 1.82) is 0 Å². The van der Waals surface area contributed by atoms with E-state index in [4.69, 9.17) is 0 Å². The molecule has 268 valence electrons. The van der Waals surface area contributed by atoms with E-state index >= 15 is 0 Å². The van der Waals surface area contributed by atoms with E-state index in [2.05, 4.69) is 196 Å². The third-order valence-electron chi connectivity index (χ3n) is 12.6. The van der Waals surface area contributed by atoms with Crippen LogP contribution in [0.5, 0.6) is 0 Å². The Bertz CT molecular complexity index is 2680. The molecule has 0 saturated carbocycles. The van der Waals surface area contributed by atoms with E-state index in [1.165, 1.54) is 88.3 Å². The maximum Gasteiger partial charge on any atom is -1.00 e. The maximum absolute atomic E-state index is 2.49. The van der Waals surface area contributed by atoms with Crippen LogP contribution in [0, 0.1) is 0 Å². The van der Waals surface area contributed by atoms with Gasteiger partial charge in [-0.25, -0.2) is 0 Å². The van der Waals surface area contributed by atoms with Crippen molar-refractivity contribution < 1.29 is 48.0 Å². The van der Waals surface area contributed by atoms with Gasteiger partial charge in [0.05, 0.1) is 0 Å². The van der Waals surface area contributed by atoms with E-state index in [9.17, 15) is 0 Å². The Morgan fingerprint density at radius 2 is 0.768 bits per heavy atom. The maximum atomic E-state index is 2.49. The van der Waals surface area contributed by atoms with E-state index in [1.54, 1.807) is 11.1 Å². The van der Waals surface area contributed by atoms with Crippen LogP contribution >= 0.6 is 0 Å². The minimum atomic E-state index is -1.20. The molecule has 8 bridgehead atoms. The van der Waals surface area contributed by atoms with E-state index in [-0.39, 0.29) is 24.8 Å². The molecule has 0 fully saturated rings. The number of hydrogen-bond acceptors (Lipinski definition) is 0. The average molecular weight is 837 g/mol. The van der Waals surface area contributed by atoms with Crippen molar-refractivity contribution in [2.24, 2.45) is 0 Å². The Balaban J connectivity index is 0.00000205. The molecule has 0 saturated heterocycles. The van der Waals surface area contributed by atoms with Crippen molar-refractivity contribution in [2.75, 3.05) is 0 Å². The topological polar surface area (TPSA) is 0 Å². The quantitative estimate of drug-likeness (QED) is 0.176. The van der Waals surface area contributed by atoms with Crippen LogP contribution in [0.25, 0.3) is 32.7 Å². The van der Waals surface area contributed by atoms with Crippen molar-refractivity contribution in [3.05, 3.63) is 249 Å². The minimum absolute atomic E-state index is 0. The molecule has 2 atom stereocenters. The van der Waals surface area contributed by atoms with Crippen LogP contribution in [0.15, 0.2) is 193 Å². The van der Waals surface area contributed by atoms with Crippen LogP contribution in [0.4, 0.5) is 0 Å². The summed E-state index contributed by atoms with van der Waals surface area (Å²) in [5, 5.41) is 5.26. The number of fused-ring (bicyclic) bond motifs is 2. The van der Waals surface area contributed by atoms with Gasteiger partial charge in [0.25, 0.3) is 0 Å². The molecular weight excluding hydrogens is 799 g/mol. The number of halogens is 2. The molecule has 0 amide bonds. The van der Waals surface area contributed by atoms with Gasteiger partial charge in [0, 0.05) is 0 Å². The second kappa shape index (κ2) is 14.3. The van der Waals surface area contributed by atoms with E-state index in [1.807, 2.05) is 0 Å². The van der Waals surface area contributed by atoms with Crippen LogP contribution in [0.2, 0.25) is 0 Å². The zero-order chi connectivity index (χ0) is 36.0. The van der Waals surface area contributed by atoms with Gasteiger partial charge < -0.3 is 24.8 Å². The fourth-order valence-electron chi connectivity index (χ4n) is 10.4. The first-order chi connectivity index (χ1) is 26.7. The molecular formula is C53H38Cl2Zr. The first-order valence-electron chi connectivity index (χ1n) is 19.2. The van der Waals surface area contributed by atoms with Crippen LogP contribution in [-0.2, 0) is 28.6 Å². The second-order valence-electron chi connectivity index (χ2n) is 15.2. The summed E-state index contributed by atoms with van der Waals surface area (Å²) in [7, 11) is 0. The standard InChI is InChI=1S/C53H38.2ClH.Zr/c1-35-33-39-21-15-31-47(51(39)49(35)45-29-13-19-37-17-9-11-27-43(37)45)53(41-23-5-3-6-24-41,42-25-7-4-8-26-42)48-32-16-22-40-34-36(2)50(52(40)48)46-30-14-20-38-18-10-12-28-44(38)46;;;/h3-34H,1-2H3;2*1H;/q;;;+2/p-2. The largest absolute Gasteiger partial charge is 1.00 e. The first-order valence-corrected chi connectivity index (χ1v) is 22.0. The molecule has 2 unspecified atom stereocenters. The predicted octanol–water partition coefficient (Wildman–Crippen LogP) is 7.23. The molecule has 2 aliphatic carbocycles. The molecule has 0 aromatic heterocycles. The summed E-state index contributed by atoms with van der Waals surface area (Å²) < 4.78 is 0.895.